The molecule has 2 N–H and O–H groups in total. The molecule has 0 aromatic carbocycles. The minimum Gasteiger partial charge on any atom is -0.317 e. The quantitative estimate of drug-likeness (QED) is 0.826. The molecule has 108 valence electrons. The van der Waals surface area contributed by atoms with Crippen LogP contribution < -0.4 is 10.6 Å². The number of rotatable bonds is 4. The fraction of sp³-hybridized carbons (Fsp3) is 1.00. The number of hydrogen-bond donors (Lipinski definition) is 2. The van der Waals surface area contributed by atoms with Gasteiger partial charge in [0.1, 0.15) is 0 Å². The first-order chi connectivity index (χ1) is 7.93. The van der Waals surface area contributed by atoms with Gasteiger partial charge in [0.05, 0.1) is 0 Å². The molecule has 1 aliphatic carbocycles. The Morgan fingerprint density at radius 2 is 1.44 bits per heavy atom. The van der Waals surface area contributed by atoms with Crippen molar-refractivity contribution in [2.24, 2.45) is 5.92 Å². The third kappa shape index (κ3) is 4.24. The predicted molar refractivity (Wildman–Crippen MR) is 81.1 cm³/mol. The Bertz CT molecular complexity index is 224. The summed E-state index contributed by atoms with van der Waals surface area (Å²) in [5.41, 5.74) is 0. The molecule has 3 nitrogen and oxygen atoms in total. The van der Waals surface area contributed by atoms with E-state index >= 15 is 0 Å². The summed E-state index contributed by atoms with van der Waals surface area (Å²) in [6.07, 6.45) is 7.08. The summed E-state index contributed by atoms with van der Waals surface area (Å²) in [7, 11) is 0. The zero-order chi connectivity index (χ0) is 10.8. The Morgan fingerprint density at radius 3 is 2.00 bits per heavy atom. The van der Waals surface area contributed by atoms with Gasteiger partial charge in [0.25, 0.3) is 0 Å². The van der Waals surface area contributed by atoms with Gasteiger partial charge in [-0.25, -0.2) is 0 Å². The second-order valence-corrected chi connectivity index (χ2v) is 5.77. The third-order valence-electron chi connectivity index (χ3n) is 4.45. The van der Waals surface area contributed by atoms with E-state index in [0.717, 1.165) is 18.0 Å². The van der Waals surface area contributed by atoms with Gasteiger partial charge in [0.15, 0.2) is 0 Å². The molecule has 0 aromatic rings. The summed E-state index contributed by atoms with van der Waals surface area (Å²) < 4.78 is 0. The molecular weight excluding hydrogens is 269 g/mol. The lowest BCUT2D eigenvalue weighted by Crippen LogP contribution is -2.43. The number of nitrogens with one attached hydrogen (secondary N) is 2. The lowest BCUT2D eigenvalue weighted by Gasteiger charge is -2.34. The monoisotopic (exact) mass is 295 g/mol. The standard InChI is InChI=1S/C13H25N3.2ClH/c1-2-12(1)16(13-5-8-15-9-13)10-11-3-6-14-7-4-11;;/h11-15H,1-10H2;2*1H. The summed E-state index contributed by atoms with van der Waals surface area (Å²) in [4.78, 5) is 2.84. The topological polar surface area (TPSA) is 27.3 Å². The van der Waals surface area contributed by atoms with E-state index in [1.807, 2.05) is 0 Å². The second-order valence-electron chi connectivity index (χ2n) is 5.77. The Morgan fingerprint density at radius 1 is 0.778 bits per heavy atom. The van der Waals surface area contributed by atoms with Crippen molar-refractivity contribution in [3.63, 3.8) is 0 Å². The molecule has 0 radical (unpaired) electrons. The molecule has 2 saturated heterocycles. The van der Waals surface area contributed by atoms with Gasteiger partial charge in [0, 0.05) is 25.2 Å². The molecule has 0 spiro atoms. The fourth-order valence-corrected chi connectivity index (χ4v) is 3.29. The van der Waals surface area contributed by atoms with Crippen molar-refractivity contribution >= 4 is 24.8 Å². The number of hydrogen-bond acceptors (Lipinski definition) is 3. The zero-order valence-electron chi connectivity index (χ0n) is 11.1. The number of halogens is 2. The van der Waals surface area contributed by atoms with Gasteiger partial charge < -0.3 is 10.6 Å². The average Bonchev–Trinajstić information content (AvgIpc) is 3.02. The molecule has 3 fully saturated rings. The van der Waals surface area contributed by atoms with Gasteiger partial charge in [0.2, 0.25) is 0 Å². The molecule has 0 amide bonds. The maximum absolute atomic E-state index is 3.52. The van der Waals surface area contributed by atoms with Crippen LogP contribution in [0.4, 0.5) is 0 Å². The minimum atomic E-state index is 0. The van der Waals surface area contributed by atoms with Crippen molar-refractivity contribution in [1.82, 2.24) is 15.5 Å². The summed E-state index contributed by atoms with van der Waals surface area (Å²) >= 11 is 0. The lowest BCUT2D eigenvalue weighted by molar-refractivity contribution is 0.151. The summed E-state index contributed by atoms with van der Waals surface area (Å²) in [5.74, 6) is 0.961. The van der Waals surface area contributed by atoms with Crippen molar-refractivity contribution in [2.45, 2.75) is 44.2 Å². The molecule has 2 aliphatic heterocycles. The molecule has 1 saturated carbocycles. The number of nitrogens with zero attached hydrogens (tertiary/aromatic N) is 1. The van der Waals surface area contributed by atoms with Gasteiger partial charge in [-0.1, -0.05) is 0 Å². The molecule has 1 atom stereocenters. The van der Waals surface area contributed by atoms with Gasteiger partial charge in [-0.3, -0.25) is 4.90 Å². The van der Waals surface area contributed by atoms with Crippen LogP contribution in [0.25, 0.3) is 0 Å². The molecule has 1 unspecified atom stereocenters. The van der Waals surface area contributed by atoms with E-state index in [2.05, 4.69) is 15.5 Å². The Balaban J connectivity index is 0.000000810. The molecule has 2 heterocycles. The van der Waals surface area contributed by atoms with Crippen molar-refractivity contribution < 1.29 is 0 Å². The van der Waals surface area contributed by atoms with Crippen LogP contribution in [0.15, 0.2) is 0 Å². The van der Waals surface area contributed by atoms with E-state index in [-0.39, 0.29) is 24.8 Å². The summed E-state index contributed by atoms with van der Waals surface area (Å²) in [5, 5.41) is 6.99. The van der Waals surface area contributed by atoms with E-state index in [4.69, 9.17) is 0 Å². The van der Waals surface area contributed by atoms with Gasteiger partial charge in [-0.2, -0.15) is 0 Å². The first-order valence-corrected chi connectivity index (χ1v) is 7.10. The molecule has 3 aliphatic rings. The largest absolute Gasteiger partial charge is 0.317 e. The van der Waals surface area contributed by atoms with E-state index in [1.165, 1.54) is 64.8 Å². The molecule has 5 heteroatoms. The van der Waals surface area contributed by atoms with Crippen molar-refractivity contribution in [3.05, 3.63) is 0 Å². The van der Waals surface area contributed by atoms with Crippen molar-refractivity contribution in [2.75, 3.05) is 32.7 Å². The number of piperidine rings is 1. The average molecular weight is 296 g/mol. The van der Waals surface area contributed by atoms with Crippen LogP contribution in [0.3, 0.4) is 0 Å². The summed E-state index contributed by atoms with van der Waals surface area (Å²) in [6.45, 7) is 6.33. The van der Waals surface area contributed by atoms with Crippen LogP contribution in [-0.2, 0) is 0 Å². The van der Waals surface area contributed by atoms with Crippen LogP contribution in [-0.4, -0.2) is 49.7 Å². The van der Waals surface area contributed by atoms with Gasteiger partial charge in [-0.15, -0.1) is 24.8 Å². The smallest absolute Gasteiger partial charge is 0.0235 e. The van der Waals surface area contributed by atoms with Crippen LogP contribution in [0, 0.1) is 5.92 Å². The first-order valence-electron chi connectivity index (χ1n) is 7.10. The minimum absolute atomic E-state index is 0. The van der Waals surface area contributed by atoms with Crippen LogP contribution in [0.2, 0.25) is 0 Å². The Hall–Kier alpha value is 0.460. The Kier molecular flexibility index (Phi) is 7.25. The van der Waals surface area contributed by atoms with Crippen LogP contribution >= 0.6 is 24.8 Å². The molecule has 18 heavy (non-hydrogen) atoms. The van der Waals surface area contributed by atoms with E-state index < -0.39 is 0 Å². The summed E-state index contributed by atoms with van der Waals surface area (Å²) in [6, 6.07) is 1.79. The first kappa shape index (κ1) is 16.5. The maximum atomic E-state index is 3.52. The second kappa shape index (κ2) is 7.91. The van der Waals surface area contributed by atoms with Crippen molar-refractivity contribution in [3.8, 4) is 0 Å². The molecular formula is C13H27Cl2N3. The van der Waals surface area contributed by atoms with Crippen LogP contribution in [0.5, 0.6) is 0 Å². The van der Waals surface area contributed by atoms with Crippen LogP contribution in [0.1, 0.15) is 32.1 Å². The molecule has 0 bridgehead atoms. The maximum Gasteiger partial charge on any atom is 0.0235 e. The third-order valence-corrected chi connectivity index (χ3v) is 4.45. The predicted octanol–water partition coefficient (Wildman–Crippen LogP) is 1.66. The normalized spacial score (nSPS) is 28.8. The molecule has 3 rings (SSSR count). The zero-order valence-corrected chi connectivity index (χ0v) is 12.7. The van der Waals surface area contributed by atoms with E-state index in [9.17, 15) is 0 Å². The SMILES string of the molecule is C1CC(CN(C2CC2)C2CCNC2)CCN1.Cl.Cl. The highest BCUT2D eigenvalue weighted by atomic mass is 35.5. The highest BCUT2D eigenvalue weighted by molar-refractivity contribution is 5.85. The highest BCUT2D eigenvalue weighted by Gasteiger charge is 2.36. The molecule has 0 aromatic heterocycles. The van der Waals surface area contributed by atoms with Crippen molar-refractivity contribution in [1.29, 1.82) is 0 Å². The van der Waals surface area contributed by atoms with E-state index in [0.29, 0.717) is 0 Å². The van der Waals surface area contributed by atoms with E-state index in [1.54, 1.807) is 0 Å². The van der Waals surface area contributed by atoms with Gasteiger partial charge in [-0.05, 0) is 57.7 Å². The highest BCUT2D eigenvalue weighted by Crippen LogP contribution is 2.32. The lowest BCUT2D eigenvalue weighted by atomic mass is 9.96. The van der Waals surface area contributed by atoms with Gasteiger partial charge >= 0.3 is 0 Å². The fourth-order valence-electron chi connectivity index (χ4n) is 3.29. The Labute approximate surface area is 123 Å².